The second-order valence-electron chi connectivity index (χ2n) is 3.39. The van der Waals surface area contributed by atoms with Crippen LogP contribution in [0.25, 0.3) is 0 Å². The Labute approximate surface area is 94.9 Å². The van der Waals surface area contributed by atoms with Gasteiger partial charge in [0.25, 0.3) is 0 Å². The van der Waals surface area contributed by atoms with Gasteiger partial charge in [-0.1, -0.05) is 36.4 Å². The zero-order valence-electron chi connectivity index (χ0n) is 9.09. The average Bonchev–Trinajstić information content (AvgIpc) is 2.38. The van der Waals surface area contributed by atoms with Gasteiger partial charge in [-0.25, -0.2) is 4.98 Å². The van der Waals surface area contributed by atoms with Crippen molar-refractivity contribution in [2.45, 2.75) is 6.92 Å². The van der Waals surface area contributed by atoms with Crippen molar-refractivity contribution in [2.24, 2.45) is 5.10 Å². The topological polar surface area (TPSA) is 37.3 Å². The SMILES string of the molecule is C/C(=N/Nc1ccccn1)c1ccccc1. The van der Waals surface area contributed by atoms with E-state index in [1.54, 1.807) is 6.20 Å². The Kier molecular flexibility index (Phi) is 3.28. The van der Waals surface area contributed by atoms with Crippen molar-refractivity contribution in [3.63, 3.8) is 0 Å². The first kappa shape index (κ1) is 10.4. The highest BCUT2D eigenvalue weighted by Gasteiger charge is 1.95. The van der Waals surface area contributed by atoms with Crippen LogP contribution in [0.2, 0.25) is 0 Å². The molecule has 0 radical (unpaired) electrons. The molecule has 0 amide bonds. The highest BCUT2D eigenvalue weighted by Crippen LogP contribution is 2.03. The average molecular weight is 211 g/mol. The molecule has 0 saturated heterocycles. The van der Waals surface area contributed by atoms with Crippen LogP contribution in [-0.2, 0) is 0 Å². The lowest BCUT2D eigenvalue weighted by atomic mass is 10.1. The Bertz CT molecular complexity index is 463. The van der Waals surface area contributed by atoms with Crippen molar-refractivity contribution in [1.29, 1.82) is 0 Å². The molecule has 1 aromatic heterocycles. The Morgan fingerprint density at radius 3 is 2.50 bits per heavy atom. The van der Waals surface area contributed by atoms with Crippen molar-refractivity contribution in [2.75, 3.05) is 5.43 Å². The molecule has 0 saturated carbocycles. The number of rotatable bonds is 3. The summed E-state index contributed by atoms with van der Waals surface area (Å²) in [5.74, 6) is 0.748. The second-order valence-corrected chi connectivity index (χ2v) is 3.39. The van der Waals surface area contributed by atoms with E-state index < -0.39 is 0 Å². The number of nitrogens with zero attached hydrogens (tertiary/aromatic N) is 2. The maximum atomic E-state index is 4.27. The molecule has 16 heavy (non-hydrogen) atoms. The summed E-state index contributed by atoms with van der Waals surface area (Å²) in [6.07, 6.45) is 1.73. The molecule has 2 aromatic rings. The first-order valence-electron chi connectivity index (χ1n) is 5.13. The van der Waals surface area contributed by atoms with E-state index in [4.69, 9.17) is 0 Å². The molecule has 3 heteroatoms. The van der Waals surface area contributed by atoms with E-state index in [1.807, 2.05) is 55.5 Å². The number of pyridine rings is 1. The molecule has 0 bridgehead atoms. The predicted octanol–water partition coefficient (Wildman–Crippen LogP) is 2.92. The van der Waals surface area contributed by atoms with Crippen LogP contribution in [-0.4, -0.2) is 10.7 Å². The number of hydrogen-bond acceptors (Lipinski definition) is 3. The fraction of sp³-hybridized carbons (Fsp3) is 0.0769. The molecular weight excluding hydrogens is 198 g/mol. The third-order valence-corrected chi connectivity index (χ3v) is 2.19. The van der Waals surface area contributed by atoms with Gasteiger partial charge in [0.05, 0.1) is 5.71 Å². The first-order valence-corrected chi connectivity index (χ1v) is 5.13. The van der Waals surface area contributed by atoms with Gasteiger partial charge in [-0.15, -0.1) is 0 Å². The van der Waals surface area contributed by atoms with E-state index >= 15 is 0 Å². The Balaban J connectivity index is 2.09. The molecule has 2 rings (SSSR count). The number of aromatic nitrogens is 1. The van der Waals surface area contributed by atoms with Crippen molar-refractivity contribution in [3.8, 4) is 0 Å². The van der Waals surface area contributed by atoms with E-state index in [2.05, 4.69) is 15.5 Å². The van der Waals surface area contributed by atoms with Crippen LogP contribution in [0, 0.1) is 0 Å². The zero-order valence-corrected chi connectivity index (χ0v) is 9.09. The second kappa shape index (κ2) is 5.07. The van der Waals surface area contributed by atoms with Crippen molar-refractivity contribution < 1.29 is 0 Å². The molecule has 0 aliphatic rings. The highest BCUT2D eigenvalue weighted by atomic mass is 15.3. The van der Waals surface area contributed by atoms with E-state index in [1.165, 1.54) is 0 Å². The van der Waals surface area contributed by atoms with Crippen LogP contribution in [0.5, 0.6) is 0 Å². The van der Waals surface area contributed by atoms with Crippen molar-refractivity contribution in [1.82, 2.24) is 4.98 Å². The molecule has 0 aliphatic carbocycles. The quantitative estimate of drug-likeness (QED) is 0.626. The molecule has 0 fully saturated rings. The Hall–Kier alpha value is -2.16. The van der Waals surface area contributed by atoms with Gasteiger partial charge in [0.2, 0.25) is 0 Å². The largest absolute Gasteiger partial charge is 0.261 e. The van der Waals surface area contributed by atoms with Crippen molar-refractivity contribution in [3.05, 3.63) is 60.3 Å². The summed E-state index contributed by atoms with van der Waals surface area (Å²) in [6.45, 7) is 1.96. The standard InChI is InChI=1S/C13H13N3/c1-11(12-7-3-2-4-8-12)15-16-13-9-5-6-10-14-13/h2-10H,1H3,(H,14,16)/b15-11-. The van der Waals surface area contributed by atoms with E-state index in [9.17, 15) is 0 Å². The number of benzene rings is 1. The van der Waals surface area contributed by atoms with E-state index in [0.717, 1.165) is 17.1 Å². The summed E-state index contributed by atoms with van der Waals surface area (Å²) in [4.78, 5) is 4.13. The molecule has 1 N–H and O–H groups in total. The molecule has 1 aromatic carbocycles. The minimum Gasteiger partial charge on any atom is -0.261 e. The van der Waals surface area contributed by atoms with Gasteiger partial charge in [0, 0.05) is 6.20 Å². The van der Waals surface area contributed by atoms with Crippen LogP contribution >= 0.6 is 0 Å². The van der Waals surface area contributed by atoms with Crippen LogP contribution < -0.4 is 5.43 Å². The number of hydrogen-bond donors (Lipinski definition) is 1. The van der Waals surface area contributed by atoms with Gasteiger partial charge < -0.3 is 0 Å². The van der Waals surface area contributed by atoms with Crippen LogP contribution in [0.15, 0.2) is 59.8 Å². The third kappa shape index (κ3) is 2.67. The molecule has 0 spiro atoms. The third-order valence-electron chi connectivity index (χ3n) is 2.19. The Morgan fingerprint density at radius 2 is 1.81 bits per heavy atom. The fourth-order valence-corrected chi connectivity index (χ4v) is 1.31. The minimum atomic E-state index is 0.748. The maximum absolute atomic E-state index is 4.27. The summed E-state index contributed by atoms with van der Waals surface area (Å²) in [6, 6.07) is 15.7. The monoisotopic (exact) mass is 211 g/mol. The molecule has 80 valence electrons. The van der Waals surface area contributed by atoms with Gasteiger partial charge in [-0.2, -0.15) is 5.10 Å². The molecule has 0 unspecified atom stereocenters. The maximum Gasteiger partial charge on any atom is 0.146 e. The lowest BCUT2D eigenvalue weighted by Gasteiger charge is -2.02. The molecule has 0 aliphatic heterocycles. The van der Waals surface area contributed by atoms with Gasteiger partial charge in [0.1, 0.15) is 5.82 Å². The van der Waals surface area contributed by atoms with Gasteiger partial charge >= 0.3 is 0 Å². The minimum absolute atomic E-state index is 0.748. The normalized spacial score (nSPS) is 11.2. The summed E-state index contributed by atoms with van der Waals surface area (Å²) < 4.78 is 0. The lowest BCUT2D eigenvalue weighted by molar-refractivity contribution is 1.22. The van der Waals surface area contributed by atoms with E-state index in [0.29, 0.717) is 0 Å². The lowest BCUT2D eigenvalue weighted by Crippen LogP contribution is -2.00. The summed E-state index contributed by atoms with van der Waals surface area (Å²) in [5.41, 5.74) is 4.96. The van der Waals surface area contributed by atoms with Gasteiger partial charge in [-0.3, -0.25) is 5.43 Å². The predicted molar refractivity (Wildman–Crippen MR) is 66.5 cm³/mol. The number of hydrazone groups is 1. The molecule has 1 heterocycles. The zero-order chi connectivity index (χ0) is 11.2. The highest BCUT2D eigenvalue weighted by molar-refractivity contribution is 5.98. The van der Waals surface area contributed by atoms with Gasteiger partial charge in [0.15, 0.2) is 0 Å². The number of nitrogens with one attached hydrogen (secondary N) is 1. The first-order chi connectivity index (χ1) is 7.86. The molecule has 0 atom stereocenters. The smallest absolute Gasteiger partial charge is 0.146 e. The van der Waals surface area contributed by atoms with Crippen molar-refractivity contribution >= 4 is 11.5 Å². The van der Waals surface area contributed by atoms with Crippen LogP contribution in [0.1, 0.15) is 12.5 Å². The molecule has 3 nitrogen and oxygen atoms in total. The summed E-state index contributed by atoms with van der Waals surface area (Å²) >= 11 is 0. The summed E-state index contributed by atoms with van der Waals surface area (Å²) in [5, 5.41) is 4.27. The van der Waals surface area contributed by atoms with Crippen LogP contribution in [0.4, 0.5) is 5.82 Å². The Morgan fingerprint density at radius 1 is 1.06 bits per heavy atom. The fourth-order valence-electron chi connectivity index (χ4n) is 1.31. The number of anilines is 1. The molecular formula is C13H13N3. The van der Waals surface area contributed by atoms with E-state index in [-0.39, 0.29) is 0 Å². The summed E-state index contributed by atoms with van der Waals surface area (Å²) in [7, 11) is 0. The van der Waals surface area contributed by atoms with Gasteiger partial charge in [-0.05, 0) is 24.6 Å². The van der Waals surface area contributed by atoms with Crippen LogP contribution in [0.3, 0.4) is 0 Å².